The van der Waals surface area contributed by atoms with Gasteiger partial charge in [0.1, 0.15) is 12.0 Å². The highest BCUT2D eigenvalue weighted by Crippen LogP contribution is 2.40. The van der Waals surface area contributed by atoms with Gasteiger partial charge in [-0.15, -0.1) is 0 Å². The number of fused-ring (bicyclic) bond motifs is 2. The molecule has 36 heavy (non-hydrogen) atoms. The third-order valence-electron chi connectivity index (χ3n) is 6.62. The summed E-state index contributed by atoms with van der Waals surface area (Å²) in [5, 5.41) is 9.77. The van der Waals surface area contributed by atoms with Crippen LogP contribution in [0.3, 0.4) is 0 Å². The van der Waals surface area contributed by atoms with Gasteiger partial charge in [0.25, 0.3) is 5.91 Å². The number of hydrogen-bond acceptors (Lipinski definition) is 7. The van der Waals surface area contributed by atoms with Crippen molar-refractivity contribution in [2.24, 2.45) is 4.99 Å². The fourth-order valence-corrected chi connectivity index (χ4v) is 4.64. The fourth-order valence-electron chi connectivity index (χ4n) is 4.64. The highest BCUT2D eigenvalue weighted by atomic mass is 19.1. The minimum absolute atomic E-state index is 0.0883. The second-order valence-corrected chi connectivity index (χ2v) is 8.96. The molecule has 0 unspecified atom stereocenters. The number of amides is 1. The smallest absolute Gasteiger partial charge is 0.262 e. The number of benzene rings is 2. The Morgan fingerprint density at radius 2 is 1.89 bits per heavy atom. The molecule has 2 aliphatic rings. The summed E-state index contributed by atoms with van der Waals surface area (Å²) < 4.78 is 19.9. The molecule has 1 fully saturated rings. The van der Waals surface area contributed by atoms with Crippen LogP contribution >= 0.6 is 0 Å². The van der Waals surface area contributed by atoms with Gasteiger partial charge >= 0.3 is 0 Å². The lowest BCUT2D eigenvalue weighted by molar-refractivity contribution is 0.0949. The fraction of sp³-hybridized carbons (Fsp3) is 0.259. The van der Waals surface area contributed by atoms with Crippen molar-refractivity contribution in [3.05, 3.63) is 71.3 Å². The number of aliphatic imine (C=N–C) groups is 1. The molecule has 8 nitrogen and oxygen atoms in total. The number of carbonyl (C=O) groups is 1. The van der Waals surface area contributed by atoms with Crippen molar-refractivity contribution in [1.29, 1.82) is 5.26 Å². The number of aryl methyl sites for hydroxylation is 1. The normalized spacial score (nSPS) is 17.6. The van der Waals surface area contributed by atoms with E-state index >= 15 is 0 Å². The molecule has 0 aliphatic carbocycles. The van der Waals surface area contributed by atoms with Crippen LogP contribution in [0.1, 0.15) is 21.6 Å². The van der Waals surface area contributed by atoms with Crippen LogP contribution in [0.4, 0.5) is 15.8 Å². The number of piperazine rings is 1. The number of methoxy groups -OCH3 is 1. The number of nitrogens with zero attached hydrogens (tertiary/aromatic N) is 6. The van der Waals surface area contributed by atoms with Crippen LogP contribution in [-0.4, -0.2) is 67.0 Å². The minimum Gasteiger partial charge on any atom is -0.494 e. The topological polar surface area (TPSA) is 85.1 Å². The third-order valence-corrected chi connectivity index (χ3v) is 6.62. The van der Waals surface area contributed by atoms with Gasteiger partial charge in [-0.3, -0.25) is 19.6 Å². The van der Waals surface area contributed by atoms with E-state index in [-0.39, 0.29) is 17.2 Å². The lowest BCUT2D eigenvalue weighted by Gasteiger charge is -2.44. The van der Waals surface area contributed by atoms with Crippen molar-refractivity contribution >= 4 is 23.1 Å². The zero-order valence-corrected chi connectivity index (χ0v) is 20.5. The van der Waals surface area contributed by atoms with Gasteiger partial charge in [-0.2, -0.15) is 5.26 Å². The predicted molar refractivity (Wildman–Crippen MR) is 135 cm³/mol. The van der Waals surface area contributed by atoms with Crippen LogP contribution < -0.4 is 9.64 Å². The van der Waals surface area contributed by atoms with Crippen molar-refractivity contribution in [3.8, 4) is 22.9 Å². The van der Waals surface area contributed by atoms with Crippen LogP contribution in [0, 0.1) is 24.1 Å². The van der Waals surface area contributed by atoms with Crippen molar-refractivity contribution in [3.63, 3.8) is 0 Å². The number of amidine groups is 1. The Kier molecular flexibility index (Phi) is 5.90. The van der Waals surface area contributed by atoms with E-state index in [0.717, 1.165) is 11.3 Å². The first-order valence-corrected chi connectivity index (χ1v) is 11.5. The largest absolute Gasteiger partial charge is 0.494 e. The second-order valence-electron chi connectivity index (χ2n) is 8.96. The average Bonchev–Trinajstić information content (AvgIpc) is 3.01. The number of carbonyl (C=O) groups excluding carboxylic acids is 1. The van der Waals surface area contributed by atoms with Gasteiger partial charge in [0.2, 0.25) is 0 Å². The first-order chi connectivity index (χ1) is 17.3. The SMILES string of the molecule is COc1ccc(N2C(=O)c3cc(C#N)cc(-c4ccc(C)nc4)c3N=C3[C@@H]2N(C)CCN3C)cc1F. The van der Waals surface area contributed by atoms with Crippen LogP contribution in [-0.2, 0) is 0 Å². The van der Waals surface area contributed by atoms with E-state index in [1.165, 1.54) is 19.2 Å². The molecule has 1 aromatic heterocycles. The summed E-state index contributed by atoms with van der Waals surface area (Å²) in [6.45, 7) is 3.28. The molecule has 0 saturated carbocycles. The Bertz CT molecular complexity index is 1430. The lowest BCUT2D eigenvalue weighted by Crippen LogP contribution is -2.62. The van der Waals surface area contributed by atoms with Gasteiger partial charge in [0.05, 0.1) is 30.0 Å². The van der Waals surface area contributed by atoms with E-state index in [1.54, 1.807) is 29.3 Å². The summed E-state index contributed by atoms with van der Waals surface area (Å²) >= 11 is 0. The molecule has 0 radical (unpaired) electrons. The van der Waals surface area contributed by atoms with Gasteiger partial charge in [-0.1, -0.05) is 6.07 Å². The number of aromatic nitrogens is 1. The van der Waals surface area contributed by atoms with E-state index in [2.05, 4.69) is 11.1 Å². The molecular weight excluding hydrogens is 459 g/mol. The molecule has 1 atom stereocenters. The minimum atomic E-state index is -0.578. The molecule has 182 valence electrons. The third kappa shape index (κ3) is 3.85. The van der Waals surface area contributed by atoms with Crippen molar-refractivity contribution in [2.45, 2.75) is 13.1 Å². The lowest BCUT2D eigenvalue weighted by atomic mass is 9.97. The summed E-state index contributed by atoms with van der Waals surface area (Å²) in [6.07, 6.45) is 1.14. The number of hydrogen-bond donors (Lipinski definition) is 0. The summed E-state index contributed by atoms with van der Waals surface area (Å²) in [5.74, 6) is -0.211. The number of ether oxygens (including phenoxy) is 1. The van der Waals surface area contributed by atoms with Crippen LogP contribution in [0.15, 0.2) is 53.7 Å². The summed E-state index contributed by atoms with van der Waals surface area (Å²) in [4.78, 5) is 29.2. The summed E-state index contributed by atoms with van der Waals surface area (Å²) in [6, 6.07) is 13.7. The van der Waals surface area contributed by atoms with Crippen molar-refractivity contribution in [1.82, 2.24) is 14.8 Å². The second kappa shape index (κ2) is 9.06. The quantitative estimate of drug-likeness (QED) is 0.559. The van der Waals surface area contributed by atoms with E-state index in [1.807, 2.05) is 43.0 Å². The van der Waals surface area contributed by atoms with Gasteiger partial charge in [0, 0.05) is 54.9 Å². The maximum atomic E-state index is 14.8. The zero-order valence-electron chi connectivity index (χ0n) is 20.5. The van der Waals surface area contributed by atoms with Crippen LogP contribution in [0.2, 0.25) is 0 Å². The molecule has 9 heteroatoms. The monoisotopic (exact) mass is 484 g/mol. The highest BCUT2D eigenvalue weighted by molar-refractivity contribution is 6.17. The van der Waals surface area contributed by atoms with Crippen molar-refractivity contribution in [2.75, 3.05) is 39.2 Å². The Morgan fingerprint density at radius 1 is 1.11 bits per heavy atom. The van der Waals surface area contributed by atoms with Crippen LogP contribution in [0.5, 0.6) is 5.75 Å². The number of likely N-dealkylation sites (N-methyl/N-ethyl adjacent to an activating group) is 2. The van der Waals surface area contributed by atoms with Gasteiger partial charge in [0.15, 0.2) is 11.6 Å². The van der Waals surface area contributed by atoms with Crippen molar-refractivity contribution < 1.29 is 13.9 Å². The molecule has 1 amide bonds. The molecule has 0 bridgehead atoms. The molecule has 2 aliphatic heterocycles. The van der Waals surface area contributed by atoms with E-state index < -0.39 is 12.0 Å². The van der Waals surface area contributed by atoms with Crippen LogP contribution in [0.25, 0.3) is 11.1 Å². The molecule has 5 rings (SSSR count). The Morgan fingerprint density at radius 3 is 2.56 bits per heavy atom. The molecule has 2 aromatic carbocycles. The summed E-state index contributed by atoms with van der Waals surface area (Å²) in [5.41, 5.74) is 3.66. The number of anilines is 1. The molecular formula is C27H25FN6O2. The molecule has 3 aromatic rings. The van der Waals surface area contributed by atoms with Gasteiger partial charge in [-0.05, 0) is 44.3 Å². The standard InChI is InChI=1S/C27H25FN6O2/c1-16-5-6-18(15-30-16)20-11-17(14-29)12-21-24(20)31-25-26(33(3)10-9-32(25)2)34(27(21)35)19-7-8-23(36-4)22(28)13-19/h5-8,11-13,15,26H,9-10H2,1-4H3/t26-/m1/s1. The predicted octanol–water partition coefficient (Wildman–Crippen LogP) is 3.97. The average molecular weight is 485 g/mol. The molecule has 1 saturated heterocycles. The number of pyridine rings is 1. The van der Waals surface area contributed by atoms with E-state index in [9.17, 15) is 14.4 Å². The molecule has 3 heterocycles. The number of rotatable bonds is 3. The summed E-state index contributed by atoms with van der Waals surface area (Å²) in [7, 11) is 5.23. The van der Waals surface area contributed by atoms with Gasteiger partial charge < -0.3 is 9.64 Å². The molecule has 0 spiro atoms. The maximum absolute atomic E-state index is 14.8. The Hall–Kier alpha value is -4.29. The first-order valence-electron chi connectivity index (χ1n) is 11.5. The van der Waals surface area contributed by atoms with Gasteiger partial charge in [-0.25, -0.2) is 9.38 Å². The highest BCUT2D eigenvalue weighted by Gasteiger charge is 2.41. The number of nitriles is 1. The maximum Gasteiger partial charge on any atom is 0.262 e. The Balaban J connectivity index is 1.80. The zero-order chi connectivity index (χ0) is 25.6. The first kappa shape index (κ1) is 23.5. The van der Waals surface area contributed by atoms with E-state index in [0.29, 0.717) is 41.4 Å². The molecule has 0 N–H and O–H groups in total. The number of halogens is 1. The van der Waals surface area contributed by atoms with E-state index in [4.69, 9.17) is 9.73 Å². The Labute approximate surface area is 208 Å².